The van der Waals surface area contributed by atoms with Crippen LogP contribution in [0.15, 0.2) is 46.2 Å². The SMILES string of the molecule is CCNC(c1cc2ccccc2o1)c1cc(OC)cs1. The fourth-order valence-electron chi connectivity index (χ4n) is 2.28. The van der Waals surface area contributed by atoms with Crippen LogP contribution in [0, 0.1) is 0 Å². The number of para-hydroxylation sites is 1. The lowest BCUT2D eigenvalue weighted by molar-refractivity contribution is 0.415. The zero-order valence-electron chi connectivity index (χ0n) is 11.6. The molecule has 3 aromatic rings. The van der Waals surface area contributed by atoms with Crippen LogP contribution in [0.4, 0.5) is 0 Å². The maximum atomic E-state index is 5.98. The number of ether oxygens (including phenoxy) is 1. The van der Waals surface area contributed by atoms with Gasteiger partial charge >= 0.3 is 0 Å². The molecule has 1 aromatic carbocycles. The highest BCUT2D eigenvalue weighted by Gasteiger charge is 2.19. The molecule has 0 saturated heterocycles. The molecular formula is C16H17NO2S. The van der Waals surface area contributed by atoms with Gasteiger partial charge in [-0.05, 0) is 24.7 Å². The molecule has 0 aliphatic heterocycles. The van der Waals surface area contributed by atoms with E-state index in [-0.39, 0.29) is 6.04 Å². The van der Waals surface area contributed by atoms with Gasteiger partial charge in [0.05, 0.1) is 7.11 Å². The van der Waals surface area contributed by atoms with Crippen LogP contribution in [0.2, 0.25) is 0 Å². The molecule has 1 atom stereocenters. The molecular weight excluding hydrogens is 270 g/mol. The number of thiophene rings is 1. The van der Waals surface area contributed by atoms with Gasteiger partial charge in [-0.3, -0.25) is 0 Å². The van der Waals surface area contributed by atoms with Gasteiger partial charge in [-0.25, -0.2) is 0 Å². The van der Waals surface area contributed by atoms with Crippen LogP contribution < -0.4 is 10.1 Å². The summed E-state index contributed by atoms with van der Waals surface area (Å²) in [5, 5.41) is 6.62. The first kappa shape index (κ1) is 13.2. The number of fused-ring (bicyclic) bond motifs is 1. The Balaban J connectivity index is 2.00. The van der Waals surface area contributed by atoms with Crippen LogP contribution in [0.1, 0.15) is 23.6 Å². The standard InChI is InChI=1S/C16H17NO2S/c1-3-17-16(15-9-12(18-2)10-20-15)14-8-11-6-4-5-7-13(11)19-14/h4-10,16-17H,3H2,1-2H3. The van der Waals surface area contributed by atoms with Crippen molar-refractivity contribution < 1.29 is 9.15 Å². The molecule has 0 aliphatic rings. The molecule has 0 radical (unpaired) electrons. The first-order valence-corrected chi connectivity index (χ1v) is 7.54. The maximum Gasteiger partial charge on any atom is 0.134 e. The molecule has 0 saturated carbocycles. The number of hydrogen-bond acceptors (Lipinski definition) is 4. The van der Waals surface area contributed by atoms with Gasteiger partial charge in [-0.15, -0.1) is 11.3 Å². The van der Waals surface area contributed by atoms with E-state index in [4.69, 9.17) is 9.15 Å². The molecule has 0 aliphatic carbocycles. The maximum absolute atomic E-state index is 5.98. The Bertz CT molecular complexity index is 668. The zero-order chi connectivity index (χ0) is 13.9. The Morgan fingerprint density at radius 1 is 1.30 bits per heavy atom. The lowest BCUT2D eigenvalue weighted by Gasteiger charge is -2.13. The van der Waals surface area contributed by atoms with E-state index in [9.17, 15) is 0 Å². The first-order chi connectivity index (χ1) is 9.81. The second-order valence-electron chi connectivity index (χ2n) is 4.57. The summed E-state index contributed by atoms with van der Waals surface area (Å²) in [6, 6.07) is 12.3. The van der Waals surface area contributed by atoms with Gasteiger partial charge in [0.25, 0.3) is 0 Å². The summed E-state index contributed by atoms with van der Waals surface area (Å²) >= 11 is 1.68. The lowest BCUT2D eigenvalue weighted by atomic mass is 10.1. The van der Waals surface area contributed by atoms with Gasteiger partial charge in [0, 0.05) is 15.6 Å². The molecule has 2 heterocycles. The smallest absolute Gasteiger partial charge is 0.134 e. The summed E-state index contributed by atoms with van der Waals surface area (Å²) in [6.07, 6.45) is 0. The molecule has 20 heavy (non-hydrogen) atoms. The Labute approximate surface area is 122 Å². The van der Waals surface area contributed by atoms with Crippen molar-refractivity contribution in [2.24, 2.45) is 0 Å². The number of hydrogen-bond donors (Lipinski definition) is 1. The van der Waals surface area contributed by atoms with Crippen molar-refractivity contribution in [3.63, 3.8) is 0 Å². The average Bonchev–Trinajstić information content (AvgIpc) is 3.10. The van der Waals surface area contributed by atoms with Crippen molar-refractivity contribution in [1.29, 1.82) is 0 Å². The Morgan fingerprint density at radius 3 is 2.85 bits per heavy atom. The molecule has 0 amide bonds. The van der Waals surface area contributed by atoms with Gasteiger partial charge in [-0.1, -0.05) is 25.1 Å². The minimum Gasteiger partial charge on any atom is -0.496 e. The van der Waals surface area contributed by atoms with E-state index in [0.717, 1.165) is 29.0 Å². The number of nitrogens with one attached hydrogen (secondary N) is 1. The highest BCUT2D eigenvalue weighted by molar-refractivity contribution is 7.10. The first-order valence-electron chi connectivity index (χ1n) is 6.66. The third-order valence-electron chi connectivity index (χ3n) is 3.25. The largest absolute Gasteiger partial charge is 0.496 e. The van der Waals surface area contributed by atoms with Crippen molar-refractivity contribution >= 4 is 22.3 Å². The van der Waals surface area contributed by atoms with Crippen molar-refractivity contribution in [2.45, 2.75) is 13.0 Å². The highest BCUT2D eigenvalue weighted by atomic mass is 32.1. The van der Waals surface area contributed by atoms with Gasteiger partial charge in [0.2, 0.25) is 0 Å². The molecule has 1 unspecified atom stereocenters. The van der Waals surface area contributed by atoms with Crippen LogP contribution in [-0.4, -0.2) is 13.7 Å². The summed E-state index contributed by atoms with van der Waals surface area (Å²) < 4.78 is 11.3. The number of methoxy groups -OCH3 is 1. The second kappa shape index (κ2) is 5.69. The molecule has 104 valence electrons. The van der Waals surface area contributed by atoms with E-state index in [1.807, 2.05) is 23.6 Å². The molecule has 0 bridgehead atoms. The molecule has 3 nitrogen and oxygen atoms in total. The molecule has 0 fully saturated rings. The van der Waals surface area contributed by atoms with Crippen molar-refractivity contribution in [3.05, 3.63) is 52.4 Å². The molecule has 0 spiro atoms. The van der Waals surface area contributed by atoms with E-state index in [1.165, 1.54) is 4.88 Å². The number of rotatable bonds is 5. The topological polar surface area (TPSA) is 34.4 Å². The number of benzene rings is 1. The average molecular weight is 287 g/mol. The Hall–Kier alpha value is -1.78. The van der Waals surface area contributed by atoms with Crippen LogP contribution in [0.25, 0.3) is 11.0 Å². The molecule has 3 rings (SSSR count). The Kier molecular flexibility index (Phi) is 3.76. The molecule has 2 aromatic heterocycles. The fraction of sp³-hybridized carbons (Fsp3) is 0.250. The second-order valence-corrected chi connectivity index (χ2v) is 5.51. The summed E-state index contributed by atoms with van der Waals surface area (Å²) in [4.78, 5) is 1.20. The van der Waals surface area contributed by atoms with Gasteiger partial charge in [-0.2, -0.15) is 0 Å². The lowest BCUT2D eigenvalue weighted by Crippen LogP contribution is -2.20. The monoisotopic (exact) mass is 287 g/mol. The third kappa shape index (κ3) is 2.44. The van der Waals surface area contributed by atoms with Gasteiger partial charge in [0.15, 0.2) is 0 Å². The summed E-state index contributed by atoms with van der Waals surface area (Å²) in [6.45, 7) is 2.97. The predicted octanol–water partition coefficient (Wildman–Crippen LogP) is 4.20. The van der Waals surface area contributed by atoms with E-state index < -0.39 is 0 Å². The Morgan fingerprint density at radius 2 is 2.15 bits per heavy atom. The van der Waals surface area contributed by atoms with E-state index in [1.54, 1.807) is 18.4 Å². The van der Waals surface area contributed by atoms with Crippen LogP contribution in [0.3, 0.4) is 0 Å². The zero-order valence-corrected chi connectivity index (χ0v) is 12.4. The van der Waals surface area contributed by atoms with E-state index in [2.05, 4.69) is 30.4 Å². The van der Waals surface area contributed by atoms with Gasteiger partial charge in [0.1, 0.15) is 23.1 Å². The molecule has 1 N–H and O–H groups in total. The van der Waals surface area contributed by atoms with Crippen LogP contribution in [0.5, 0.6) is 5.75 Å². The van der Waals surface area contributed by atoms with Crippen molar-refractivity contribution in [1.82, 2.24) is 5.32 Å². The highest BCUT2D eigenvalue weighted by Crippen LogP contribution is 2.33. The van der Waals surface area contributed by atoms with Crippen molar-refractivity contribution in [2.75, 3.05) is 13.7 Å². The summed E-state index contributed by atoms with van der Waals surface area (Å²) in [5.41, 5.74) is 0.925. The predicted molar refractivity (Wildman–Crippen MR) is 82.6 cm³/mol. The van der Waals surface area contributed by atoms with Crippen LogP contribution in [-0.2, 0) is 0 Å². The minimum atomic E-state index is 0.0706. The van der Waals surface area contributed by atoms with Gasteiger partial charge < -0.3 is 14.5 Å². The number of furan rings is 1. The van der Waals surface area contributed by atoms with E-state index in [0.29, 0.717) is 0 Å². The normalized spacial score (nSPS) is 12.7. The summed E-state index contributed by atoms with van der Waals surface area (Å²) in [5.74, 6) is 1.83. The minimum absolute atomic E-state index is 0.0706. The summed E-state index contributed by atoms with van der Waals surface area (Å²) in [7, 11) is 1.69. The molecule has 4 heteroatoms. The third-order valence-corrected chi connectivity index (χ3v) is 4.23. The van der Waals surface area contributed by atoms with Crippen molar-refractivity contribution in [3.8, 4) is 5.75 Å². The fourth-order valence-corrected chi connectivity index (χ4v) is 3.22. The quantitative estimate of drug-likeness (QED) is 0.763. The van der Waals surface area contributed by atoms with Crippen LogP contribution >= 0.6 is 11.3 Å². The van der Waals surface area contributed by atoms with E-state index >= 15 is 0 Å².